The summed E-state index contributed by atoms with van der Waals surface area (Å²) in [5, 5.41) is 0. The minimum absolute atomic E-state index is 0.311. The molecule has 5 nitrogen and oxygen atoms in total. The predicted molar refractivity (Wildman–Crippen MR) is 58.3 cm³/mol. The molecule has 0 aliphatic rings. The molecule has 0 aromatic carbocycles. The Bertz CT molecular complexity index is 330. The molecule has 1 heterocycles. The van der Waals surface area contributed by atoms with Gasteiger partial charge in [-0.15, -0.1) is 0 Å². The Morgan fingerprint density at radius 3 is 2.62 bits per heavy atom. The summed E-state index contributed by atoms with van der Waals surface area (Å²) in [7, 11) is 3.15. The summed E-state index contributed by atoms with van der Waals surface area (Å²) >= 11 is 0. The number of methoxy groups -OCH3 is 2. The van der Waals surface area contributed by atoms with Gasteiger partial charge in [-0.25, -0.2) is 4.79 Å². The van der Waals surface area contributed by atoms with Crippen LogP contribution in [0.4, 0.5) is 0 Å². The van der Waals surface area contributed by atoms with Gasteiger partial charge in [-0.3, -0.25) is 0 Å². The lowest BCUT2D eigenvalue weighted by Crippen LogP contribution is -2.16. The van der Waals surface area contributed by atoms with E-state index in [-0.39, 0.29) is 12.3 Å². The standard InChI is InChI=1S/C11H17NO4/c1-4-16-11(13)9-6-5-8(12-9)7-10(14-2)15-3/h5-6,10,12H,4,7H2,1-3H3. The number of carbonyl (C=O) groups is 1. The Balaban J connectivity index is 2.60. The normalized spacial score (nSPS) is 10.8. The largest absolute Gasteiger partial charge is 0.461 e. The van der Waals surface area contributed by atoms with Gasteiger partial charge in [0.05, 0.1) is 6.61 Å². The maximum absolute atomic E-state index is 11.4. The number of hydrogen-bond donors (Lipinski definition) is 1. The van der Waals surface area contributed by atoms with Gasteiger partial charge < -0.3 is 19.2 Å². The molecule has 1 aromatic rings. The summed E-state index contributed by atoms with van der Waals surface area (Å²) < 4.78 is 15.0. The van der Waals surface area contributed by atoms with Gasteiger partial charge >= 0.3 is 5.97 Å². The van der Waals surface area contributed by atoms with Crippen LogP contribution < -0.4 is 0 Å². The second kappa shape index (κ2) is 6.30. The fraction of sp³-hybridized carbons (Fsp3) is 0.545. The zero-order chi connectivity index (χ0) is 12.0. The van der Waals surface area contributed by atoms with Crippen LogP contribution in [-0.2, 0) is 20.6 Å². The summed E-state index contributed by atoms with van der Waals surface area (Å²) in [5.41, 5.74) is 1.32. The van der Waals surface area contributed by atoms with Crippen molar-refractivity contribution in [3.63, 3.8) is 0 Å². The molecule has 5 heteroatoms. The first-order valence-corrected chi connectivity index (χ1v) is 5.11. The molecule has 1 rings (SSSR count). The first-order chi connectivity index (χ1) is 7.71. The van der Waals surface area contributed by atoms with Gasteiger partial charge in [-0.05, 0) is 19.1 Å². The predicted octanol–water partition coefficient (Wildman–Crippen LogP) is 1.35. The number of ether oxygens (including phenoxy) is 3. The van der Waals surface area contributed by atoms with Crippen LogP contribution in [0.1, 0.15) is 23.1 Å². The quantitative estimate of drug-likeness (QED) is 0.588. The average molecular weight is 227 g/mol. The lowest BCUT2D eigenvalue weighted by atomic mass is 10.3. The number of aromatic nitrogens is 1. The Hall–Kier alpha value is -1.33. The number of hydrogen-bond acceptors (Lipinski definition) is 4. The Morgan fingerprint density at radius 1 is 1.38 bits per heavy atom. The van der Waals surface area contributed by atoms with Crippen LogP contribution in [0.2, 0.25) is 0 Å². The molecule has 0 saturated carbocycles. The third-order valence-corrected chi connectivity index (χ3v) is 2.15. The summed E-state index contributed by atoms with van der Waals surface area (Å²) in [5.74, 6) is -0.347. The van der Waals surface area contributed by atoms with Gasteiger partial charge in [0.1, 0.15) is 5.69 Å². The minimum Gasteiger partial charge on any atom is -0.461 e. The molecule has 0 bridgehead atoms. The fourth-order valence-electron chi connectivity index (χ4n) is 1.33. The van der Waals surface area contributed by atoms with Crippen molar-refractivity contribution >= 4 is 5.97 Å². The van der Waals surface area contributed by atoms with E-state index < -0.39 is 0 Å². The lowest BCUT2D eigenvalue weighted by Gasteiger charge is -2.11. The number of H-pyrrole nitrogens is 1. The topological polar surface area (TPSA) is 60.6 Å². The van der Waals surface area contributed by atoms with E-state index in [2.05, 4.69) is 4.98 Å². The van der Waals surface area contributed by atoms with E-state index in [4.69, 9.17) is 14.2 Å². The number of nitrogens with one attached hydrogen (secondary N) is 1. The van der Waals surface area contributed by atoms with Crippen molar-refractivity contribution in [3.8, 4) is 0 Å². The minimum atomic E-state index is -0.347. The highest BCUT2D eigenvalue weighted by Crippen LogP contribution is 2.08. The van der Waals surface area contributed by atoms with E-state index in [1.165, 1.54) is 0 Å². The molecule has 0 unspecified atom stereocenters. The molecule has 1 N–H and O–H groups in total. The van der Waals surface area contributed by atoms with Crippen LogP contribution in [-0.4, -0.2) is 38.1 Å². The van der Waals surface area contributed by atoms with Gasteiger partial charge in [0.25, 0.3) is 0 Å². The SMILES string of the molecule is CCOC(=O)c1ccc(CC(OC)OC)[nH]1. The van der Waals surface area contributed by atoms with Crippen molar-refractivity contribution in [1.29, 1.82) is 0 Å². The van der Waals surface area contributed by atoms with Crippen molar-refractivity contribution in [2.75, 3.05) is 20.8 Å². The number of esters is 1. The van der Waals surface area contributed by atoms with Crippen LogP contribution in [0.15, 0.2) is 12.1 Å². The molecular formula is C11H17NO4. The van der Waals surface area contributed by atoms with Crippen molar-refractivity contribution in [1.82, 2.24) is 4.98 Å². The summed E-state index contributed by atoms with van der Waals surface area (Å²) in [4.78, 5) is 14.3. The summed E-state index contributed by atoms with van der Waals surface area (Å²) in [6, 6.07) is 3.51. The molecule has 90 valence electrons. The second-order valence-electron chi connectivity index (χ2n) is 3.22. The number of rotatable bonds is 6. The highest BCUT2D eigenvalue weighted by atomic mass is 16.7. The smallest absolute Gasteiger partial charge is 0.354 e. The second-order valence-corrected chi connectivity index (χ2v) is 3.22. The van der Waals surface area contributed by atoms with Crippen molar-refractivity contribution in [2.45, 2.75) is 19.6 Å². The lowest BCUT2D eigenvalue weighted by molar-refractivity contribution is -0.101. The molecule has 0 spiro atoms. The molecular weight excluding hydrogens is 210 g/mol. The molecule has 0 amide bonds. The van der Waals surface area contributed by atoms with Crippen molar-refractivity contribution in [3.05, 3.63) is 23.5 Å². The van der Waals surface area contributed by atoms with Crippen LogP contribution >= 0.6 is 0 Å². The average Bonchev–Trinajstić information content (AvgIpc) is 2.74. The van der Waals surface area contributed by atoms with E-state index in [9.17, 15) is 4.79 Å². The molecule has 16 heavy (non-hydrogen) atoms. The van der Waals surface area contributed by atoms with Gasteiger partial charge in [-0.1, -0.05) is 0 Å². The summed E-state index contributed by atoms with van der Waals surface area (Å²) in [6.45, 7) is 2.14. The van der Waals surface area contributed by atoms with E-state index in [0.717, 1.165) is 5.69 Å². The fourth-order valence-corrected chi connectivity index (χ4v) is 1.33. The highest BCUT2D eigenvalue weighted by Gasteiger charge is 2.12. The number of aromatic amines is 1. The first-order valence-electron chi connectivity index (χ1n) is 5.11. The van der Waals surface area contributed by atoms with Gasteiger partial charge in [0, 0.05) is 26.3 Å². The van der Waals surface area contributed by atoms with Crippen molar-refractivity contribution in [2.24, 2.45) is 0 Å². The maximum atomic E-state index is 11.4. The van der Waals surface area contributed by atoms with E-state index in [1.807, 2.05) is 6.07 Å². The van der Waals surface area contributed by atoms with Crippen LogP contribution in [0.3, 0.4) is 0 Å². The highest BCUT2D eigenvalue weighted by molar-refractivity contribution is 5.87. The molecule has 0 saturated heterocycles. The Kier molecular flexibility index (Phi) is 5.01. The monoisotopic (exact) mass is 227 g/mol. The van der Waals surface area contributed by atoms with Crippen LogP contribution in [0.5, 0.6) is 0 Å². The molecule has 0 fully saturated rings. The van der Waals surface area contributed by atoms with Crippen LogP contribution in [0, 0.1) is 0 Å². The summed E-state index contributed by atoms with van der Waals surface area (Å²) in [6.07, 6.45) is 0.251. The third kappa shape index (κ3) is 3.36. The van der Waals surface area contributed by atoms with E-state index >= 15 is 0 Å². The molecule has 0 radical (unpaired) electrons. The van der Waals surface area contributed by atoms with E-state index in [0.29, 0.717) is 18.7 Å². The molecule has 1 aromatic heterocycles. The third-order valence-electron chi connectivity index (χ3n) is 2.15. The maximum Gasteiger partial charge on any atom is 0.354 e. The Labute approximate surface area is 94.7 Å². The molecule has 0 aliphatic carbocycles. The molecule has 0 atom stereocenters. The number of carbonyl (C=O) groups excluding carboxylic acids is 1. The van der Waals surface area contributed by atoms with Gasteiger partial charge in [0.15, 0.2) is 6.29 Å². The zero-order valence-corrected chi connectivity index (χ0v) is 9.78. The molecule has 0 aliphatic heterocycles. The van der Waals surface area contributed by atoms with Crippen molar-refractivity contribution < 1.29 is 19.0 Å². The van der Waals surface area contributed by atoms with Gasteiger partial charge in [0.2, 0.25) is 0 Å². The van der Waals surface area contributed by atoms with Gasteiger partial charge in [-0.2, -0.15) is 0 Å². The Morgan fingerprint density at radius 2 is 2.06 bits per heavy atom. The van der Waals surface area contributed by atoms with E-state index in [1.54, 1.807) is 27.2 Å². The zero-order valence-electron chi connectivity index (χ0n) is 9.78. The van der Waals surface area contributed by atoms with Crippen LogP contribution in [0.25, 0.3) is 0 Å². The first kappa shape index (κ1) is 12.7.